The predicted molar refractivity (Wildman–Crippen MR) is 117 cm³/mol. The summed E-state index contributed by atoms with van der Waals surface area (Å²) in [4.78, 5) is 25.9. The number of benzene rings is 1. The van der Waals surface area contributed by atoms with Crippen molar-refractivity contribution in [3.05, 3.63) is 56.4 Å². The van der Waals surface area contributed by atoms with Gasteiger partial charge in [-0.3, -0.25) is 14.2 Å². The van der Waals surface area contributed by atoms with Crippen molar-refractivity contribution in [3.63, 3.8) is 0 Å². The highest BCUT2D eigenvalue weighted by Crippen LogP contribution is 2.36. The first-order chi connectivity index (χ1) is 15.7. The van der Waals surface area contributed by atoms with Crippen LogP contribution in [-0.4, -0.2) is 66.1 Å². The summed E-state index contributed by atoms with van der Waals surface area (Å²) in [6, 6.07) is 5.76. The van der Waals surface area contributed by atoms with E-state index in [4.69, 9.17) is 9.47 Å². The van der Waals surface area contributed by atoms with Crippen molar-refractivity contribution < 1.29 is 19.7 Å². The van der Waals surface area contributed by atoms with Gasteiger partial charge in [0.05, 0.1) is 30.3 Å². The molecule has 0 bridgehead atoms. The van der Waals surface area contributed by atoms with E-state index in [-0.39, 0.29) is 18.5 Å². The normalized spacial score (nSPS) is 26.2. The Bertz CT molecular complexity index is 1330. The molecule has 0 aliphatic carbocycles. The number of para-hydroxylation sites is 1. The fourth-order valence-corrected chi connectivity index (χ4v) is 4.82. The number of hydrogen-bond donors (Lipinski definition) is 2. The van der Waals surface area contributed by atoms with Crippen molar-refractivity contribution in [1.82, 2.24) is 24.1 Å². The minimum atomic E-state index is -1.16. The molecule has 0 unspecified atom stereocenters. The van der Waals surface area contributed by atoms with Crippen molar-refractivity contribution in [2.24, 2.45) is 0 Å². The Kier molecular flexibility index (Phi) is 5.24. The van der Waals surface area contributed by atoms with Gasteiger partial charge in [-0.05, 0) is 23.5 Å². The number of hydrogen-bond acceptors (Lipinski definition) is 8. The summed E-state index contributed by atoms with van der Waals surface area (Å²) in [6.45, 7) is 5.00. The van der Waals surface area contributed by atoms with Gasteiger partial charge in [0.1, 0.15) is 24.0 Å². The smallest absolute Gasteiger partial charge is 0.317 e. The Morgan fingerprint density at radius 2 is 2.00 bits per heavy atom. The fraction of sp³-hybridized carbons (Fsp3) is 0.545. The molecule has 1 aromatic carbocycles. The summed E-state index contributed by atoms with van der Waals surface area (Å²) >= 11 is 0. The van der Waals surface area contributed by atoms with E-state index in [1.165, 1.54) is 16.4 Å². The maximum absolute atomic E-state index is 13.0. The van der Waals surface area contributed by atoms with Crippen LogP contribution < -0.4 is 11.1 Å². The average Bonchev–Trinajstić information content (AvgIpc) is 3.35. The molecular formula is C22H27N5O6. The molecule has 11 nitrogen and oxygen atoms in total. The molecule has 4 heterocycles. The molecule has 0 saturated carbocycles. The molecule has 2 N–H and O–H groups in total. The maximum atomic E-state index is 13.0. The molecule has 0 spiro atoms. The molecular weight excluding hydrogens is 430 g/mol. The summed E-state index contributed by atoms with van der Waals surface area (Å²) in [5.74, 6) is 0. The van der Waals surface area contributed by atoms with E-state index in [2.05, 4.69) is 24.2 Å². The highest BCUT2D eigenvalue weighted by atomic mass is 16.7. The average molecular weight is 457 g/mol. The van der Waals surface area contributed by atoms with Crippen LogP contribution in [0.15, 0.2) is 34.0 Å². The third kappa shape index (κ3) is 3.52. The number of aryl methyl sites for hydroxylation is 1. The van der Waals surface area contributed by atoms with Crippen molar-refractivity contribution in [2.45, 2.75) is 69.9 Å². The fourth-order valence-electron chi connectivity index (χ4n) is 4.82. The summed E-state index contributed by atoms with van der Waals surface area (Å²) in [5, 5.41) is 28.3. The van der Waals surface area contributed by atoms with Crippen LogP contribution in [-0.2, 0) is 34.5 Å². The van der Waals surface area contributed by atoms with Crippen LogP contribution in [0.3, 0.4) is 0 Å². The van der Waals surface area contributed by atoms with Crippen LogP contribution in [0.1, 0.15) is 31.5 Å². The molecule has 3 aromatic rings. The Morgan fingerprint density at radius 1 is 1.21 bits per heavy atom. The van der Waals surface area contributed by atoms with Crippen LogP contribution in [0.4, 0.5) is 0 Å². The molecule has 33 heavy (non-hydrogen) atoms. The summed E-state index contributed by atoms with van der Waals surface area (Å²) in [6.07, 6.45) is -1.52. The minimum absolute atomic E-state index is 0.0761. The maximum Gasteiger partial charge on any atom is 0.317 e. The van der Waals surface area contributed by atoms with Gasteiger partial charge in [0.15, 0.2) is 6.29 Å². The zero-order chi connectivity index (χ0) is 23.5. The first kappa shape index (κ1) is 22.0. The number of rotatable bonds is 5. The van der Waals surface area contributed by atoms with Crippen molar-refractivity contribution in [2.75, 3.05) is 7.11 Å². The molecule has 1 fully saturated rings. The standard InChI is InChI=1S/C22H27N5O6/c1-22(2)7-8-26-16-13(22)5-4-6-14(16)27(20(31)19(26)30)10-12-9-25(24-23-12)11-15-17(28)18(29)21(32-3)33-15/h4-6,9,15,17-18,21,28-29H,7-8,10-11H2,1-3H3/t15-,17-,18-,21-/m1/s1. The van der Waals surface area contributed by atoms with E-state index in [0.29, 0.717) is 17.8 Å². The zero-order valence-electron chi connectivity index (χ0n) is 18.7. The van der Waals surface area contributed by atoms with Crippen LogP contribution in [0, 0.1) is 0 Å². The number of ether oxygens (including phenoxy) is 2. The lowest BCUT2D eigenvalue weighted by atomic mass is 9.78. The highest BCUT2D eigenvalue weighted by molar-refractivity contribution is 5.81. The van der Waals surface area contributed by atoms with Gasteiger partial charge < -0.3 is 24.3 Å². The molecule has 4 atom stereocenters. The molecule has 5 rings (SSSR count). The quantitative estimate of drug-likeness (QED) is 0.494. The number of nitrogens with zero attached hydrogens (tertiary/aromatic N) is 5. The lowest BCUT2D eigenvalue weighted by Crippen LogP contribution is -2.44. The Hall–Kier alpha value is -2.86. The number of methoxy groups -OCH3 is 1. The highest BCUT2D eigenvalue weighted by Gasteiger charge is 2.43. The Labute approximate surface area is 188 Å². The van der Waals surface area contributed by atoms with Gasteiger partial charge in [0, 0.05) is 13.7 Å². The largest absolute Gasteiger partial charge is 0.387 e. The Balaban J connectivity index is 1.48. The van der Waals surface area contributed by atoms with Crippen LogP contribution in [0.5, 0.6) is 0 Å². The second-order valence-electron chi connectivity index (χ2n) is 9.35. The van der Waals surface area contributed by atoms with Crippen LogP contribution in [0.25, 0.3) is 11.0 Å². The molecule has 0 radical (unpaired) electrons. The van der Waals surface area contributed by atoms with Crippen molar-refractivity contribution in [1.29, 1.82) is 0 Å². The number of aliphatic hydroxyl groups is 2. The molecule has 176 valence electrons. The first-order valence-electron chi connectivity index (χ1n) is 10.9. The second-order valence-corrected chi connectivity index (χ2v) is 9.35. The van der Waals surface area contributed by atoms with Crippen LogP contribution in [0.2, 0.25) is 0 Å². The molecule has 0 amide bonds. The topological polar surface area (TPSA) is 134 Å². The van der Waals surface area contributed by atoms with E-state index in [0.717, 1.165) is 17.5 Å². The zero-order valence-corrected chi connectivity index (χ0v) is 18.7. The Morgan fingerprint density at radius 3 is 2.73 bits per heavy atom. The van der Waals surface area contributed by atoms with Gasteiger partial charge in [-0.25, -0.2) is 4.68 Å². The third-order valence-electron chi connectivity index (χ3n) is 6.76. The van der Waals surface area contributed by atoms with Gasteiger partial charge in [-0.1, -0.05) is 31.2 Å². The van der Waals surface area contributed by atoms with Gasteiger partial charge >= 0.3 is 11.1 Å². The minimum Gasteiger partial charge on any atom is -0.387 e. The van der Waals surface area contributed by atoms with E-state index in [9.17, 15) is 19.8 Å². The van der Waals surface area contributed by atoms with E-state index in [1.807, 2.05) is 18.2 Å². The van der Waals surface area contributed by atoms with E-state index < -0.39 is 35.7 Å². The van der Waals surface area contributed by atoms with Gasteiger partial charge in [0.25, 0.3) is 0 Å². The predicted octanol–water partition coefficient (Wildman–Crippen LogP) is -0.423. The van der Waals surface area contributed by atoms with Gasteiger partial charge in [-0.15, -0.1) is 5.10 Å². The van der Waals surface area contributed by atoms with E-state index >= 15 is 0 Å². The lowest BCUT2D eigenvalue weighted by molar-refractivity contribution is -0.150. The summed E-state index contributed by atoms with van der Waals surface area (Å²) in [5.41, 5.74) is 1.74. The van der Waals surface area contributed by atoms with E-state index in [1.54, 1.807) is 10.8 Å². The molecule has 11 heteroatoms. The first-order valence-corrected chi connectivity index (χ1v) is 10.9. The molecule has 2 aliphatic rings. The summed E-state index contributed by atoms with van der Waals surface area (Å²) in [7, 11) is 1.39. The second kappa shape index (κ2) is 7.87. The molecule has 1 saturated heterocycles. The van der Waals surface area contributed by atoms with Crippen LogP contribution >= 0.6 is 0 Å². The molecule has 2 aromatic heterocycles. The molecule has 2 aliphatic heterocycles. The third-order valence-corrected chi connectivity index (χ3v) is 6.76. The monoisotopic (exact) mass is 457 g/mol. The SMILES string of the molecule is CO[C@@H]1O[C@H](Cn2cc(Cn3c(=O)c(=O)n4c5c(cccc53)C(C)(C)CC4)nn2)[C@@H](O)[C@H]1O. The lowest BCUT2D eigenvalue weighted by Gasteiger charge is -2.33. The number of aromatic nitrogens is 5. The number of aliphatic hydroxyl groups excluding tert-OH is 2. The van der Waals surface area contributed by atoms with Crippen molar-refractivity contribution >= 4 is 11.0 Å². The van der Waals surface area contributed by atoms with Gasteiger partial charge in [-0.2, -0.15) is 0 Å². The van der Waals surface area contributed by atoms with Gasteiger partial charge in [0.2, 0.25) is 0 Å². The summed E-state index contributed by atoms with van der Waals surface area (Å²) < 4.78 is 15.0. The van der Waals surface area contributed by atoms with Crippen molar-refractivity contribution in [3.8, 4) is 0 Å².